The minimum Gasteiger partial charge on any atom is -0.497 e. The Morgan fingerprint density at radius 1 is 1.13 bits per heavy atom. The molecule has 0 saturated heterocycles. The fourth-order valence-corrected chi connectivity index (χ4v) is 4.70. The van der Waals surface area contributed by atoms with Gasteiger partial charge in [-0.1, -0.05) is 51.1 Å². The first kappa shape index (κ1) is 24.7. The average Bonchev–Trinajstić information content (AvgIpc) is 2.74. The first-order chi connectivity index (χ1) is 14.7. The van der Waals surface area contributed by atoms with Crippen molar-refractivity contribution in [1.29, 1.82) is 0 Å². The van der Waals surface area contributed by atoms with Crippen LogP contribution in [-0.4, -0.2) is 40.3 Å². The molecule has 1 amide bonds. The van der Waals surface area contributed by atoms with Gasteiger partial charge in [0.15, 0.2) is 0 Å². The van der Waals surface area contributed by atoms with Crippen LogP contribution in [-0.2, 0) is 21.2 Å². The molecule has 2 aromatic carbocycles. The molecule has 0 saturated carbocycles. The van der Waals surface area contributed by atoms with Gasteiger partial charge in [-0.05, 0) is 48.4 Å². The standard InChI is InChI=1S/C24H34N2O4S/c1-6-23(26(31(5,28)29)21-10-7-11-22(17-21)30-4)24(27)25-16-8-9-19-12-14-20(15-13-19)18(2)3/h7,10-15,17-18,23H,6,8-9,16H2,1-5H3,(H,25,27)/t23-/m1/s1. The average molecular weight is 447 g/mol. The molecule has 0 bridgehead atoms. The molecular formula is C24H34N2O4S. The number of methoxy groups -OCH3 is 1. The van der Waals surface area contributed by atoms with E-state index in [9.17, 15) is 13.2 Å². The predicted molar refractivity (Wildman–Crippen MR) is 126 cm³/mol. The van der Waals surface area contributed by atoms with Gasteiger partial charge in [-0.3, -0.25) is 9.10 Å². The molecule has 0 aromatic heterocycles. The van der Waals surface area contributed by atoms with E-state index in [1.165, 1.54) is 22.5 Å². The highest BCUT2D eigenvalue weighted by Gasteiger charge is 2.31. The molecule has 0 spiro atoms. The smallest absolute Gasteiger partial charge is 0.243 e. The zero-order valence-corrected chi connectivity index (χ0v) is 19.9. The minimum atomic E-state index is -3.67. The van der Waals surface area contributed by atoms with Gasteiger partial charge in [0.05, 0.1) is 19.1 Å². The lowest BCUT2D eigenvalue weighted by molar-refractivity contribution is -0.122. The lowest BCUT2D eigenvalue weighted by Crippen LogP contribution is -2.49. The summed E-state index contributed by atoms with van der Waals surface area (Å²) in [6.07, 6.45) is 3.10. The molecule has 0 aliphatic heterocycles. The number of amides is 1. The fraction of sp³-hybridized carbons (Fsp3) is 0.458. The topological polar surface area (TPSA) is 75.7 Å². The maximum absolute atomic E-state index is 12.9. The number of hydrogen-bond acceptors (Lipinski definition) is 4. The SMILES string of the molecule is CC[C@H](C(=O)NCCCc1ccc(C(C)C)cc1)N(c1cccc(OC)c1)S(C)(=O)=O. The molecule has 1 N–H and O–H groups in total. The number of sulfonamides is 1. The number of hydrogen-bond donors (Lipinski definition) is 1. The lowest BCUT2D eigenvalue weighted by atomic mass is 10.0. The number of anilines is 1. The molecule has 1 atom stereocenters. The van der Waals surface area contributed by atoms with Crippen molar-refractivity contribution >= 4 is 21.6 Å². The van der Waals surface area contributed by atoms with Crippen LogP contribution in [0.25, 0.3) is 0 Å². The molecule has 0 aliphatic carbocycles. The van der Waals surface area contributed by atoms with Gasteiger partial charge in [0.1, 0.15) is 11.8 Å². The first-order valence-corrected chi connectivity index (χ1v) is 12.5. The van der Waals surface area contributed by atoms with Crippen molar-refractivity contribution < 1.29 is 17.9 Å². The third-order valence-electron chi connectivity index (χ3n) is 5.23. The van der Waals surface area contributed by atoms with Gasteiger partial charge >= 0.3 is 0 Å². The summed E-state index contributed by atoms with van der Waals surface area (Å²) in [5.41, 5.74) is 2.94. The molecule has 0 unspecified atom stereocenters. The Labute approximate surface area is 186 Å². The Morgan fingerprint density at radius 2 is 1.81 bits per heavy atom. The maximum atomic E-state index is 12.9. The zero-order chi connectivity index (χ0) is 23.0. The highest BCUT2D eigenvalue weighted by Crippen LogP contribution is 2.26. The van der Waals surface area contributed by atoms with E-state index >= 15 is 0 Å². The number of rotatable bonds is 11. The third kappa shape index (κ3) is 6.99. The Bertz CT molecular complexity index is 956. The van der Waals surface area contributed by atoms with Crippen molar-refractivity contribution in [3.63, 3.8) is 0 Å². The van der Waals surface area contributed by atoms with Crippen LogP contribution in [0.15, 0.2) is 48.5 Å². The quantitative estimate of drug-likeness (QED) is 0.527. The van der Waals surface area contributed by atoms with Crippen molar-refractivity contribution in [1.82, 2.24) is 5.32 Å². The summed E-state index contributed by atoms with van der Waals surface area (Å²) in [4.78, 5) is 12.9. The van der Waals surface area contributed by atoms with Crippen LogP contribution in [0.5, 0.6) is 5.75 Å². The summed E-state index contributed by atoms with van der Waals surface area (Å²) in [7, 11) is -2.15. The third-order valence-corrected chi connectivity index (χ3v) is 6.41. The monoisotopic (exact) mass is 446 g/mol. The number of nitrogens with zero attached hydrogens (tertiary/aromatic N) is 1. The highest BCUT2D eigenvalue weighted by molar-refractivity contribution is 7.92. The van der Waals surface area contributed by atoms with Crippen LogP contribution in [0.2, 0.25) is 0 Å². The van der Waals surface area contributed by atoms with Crippen LogP contribution in [0, 0.1) is 0 Å². The first-order valence-electron chi connectivity index (χ1n) is 10.7. The van der Waals surface area contributed by atoms with Crippen LogP contribution in [0.3, 0.4) is 0 Å². The fourth-order valence-electron chi connectivity index (χ4n) is 3.50. The van der Waals surface area contributed by atoms with Crippen LogP contribution in [0.4, 0.5) is 5.69 Å². The number of carbonyl (C=O) groups is 1. The Hall–Kier alpha value is -2.54. The van der Waals surface area contributed by atoms with Gasteiger partial charge in [-0.25, -0.2) is 8.42 Å². The number of benzene rings is 2. The van der Waals surface area contributed by atoms with Gasteiger partial charge in [0, 0.05) is 12.6 Å². The number of aryl methyl sites for hydroxylation is 1. The molecule has 0 radical (unpaired) electrons. The zero-order valence-electron chi connectivity index (χ0n) is 19.1. The van der Waals surface area contributed by atoms with E-state index in [-0.39, 0.29) is 5.91 Å². The van der Waals surface area contributed by atoms with E-state index < -0.39 is 16.1 Å². The molecule has 6 nitrogen and oxygen atoms in total. The molecule has 31 heavy (non-hydrogen) atoms. The van der Waals surface area contributed by atoms with Crippen molar-refractivity contribution in [2.75, 3.05) is 24.2 Å². The van der Waals surface area contributed by atoms with Crippen molar-refractivity contribution in [2.24, 2.45) is 0 Å². The van der Waals surface area contributed by atoms with Crippen LogP contribution < -0.4 is 14.4 Å². The summed E-state index contributed by atoms with van der Waals surface area (Å²) >= 11 is 0. The van der Waals surface area contributed by atoms with Gasteiger partial charge < -0.3 is 10.1 Å². The van der Waals surface area contributed by atoms with E-state index in [2.05, 4.69) is 43.4 Å². The maximum Gasteiger partial charge on any atom is 0.243 e. The summed E-state index contributed by atoms with van der Waals surface area (Å²) in [5, 5.41) is 2.91. The van der Waals surface area contributed by atoms with Crippen molar-refractivity contribution in [3.05, 3.63) is 59.7 Å². The second-order valence-corrected chi connectivity index (χ2v) is 9.83. The van der Waals surface area contributed by atoms with E-state index in [0.29, 0.717) is 30.3 Å². The van der Waals surface area contributed by atoms with Crippen molar-refractivity contribution in [3.8, 4) is 5.75 Å². The number of nitrogens with one attached hydrogen (secondary N) is 1. The van der Waals surface area contributed by atoms with Crippen molar-refractivity contribution in [2.45, 2.75) is 52.0 Å². The van der Waals surface area contributed by atoms with Gasteiger partial charge in [-0.15, -0.1) is 0 Å². The Morgan fingerprint density at radius 3 is 2.35 bits per heavy atom. The summed E-state index contributed by atoms with van der Waals surface area (Å²) in [6.45, 7) is 6.62. The van der Waals surface area contributed by atoms with E-state index in [1.54, 1.807) is 31.2 Å². The second kappa shape index (κ2) is 11.2. The number of carbonyl (C=O) groups excluding carboxylic acids is 1. The second-order valence-electron chi connectivity index (χ2n) is 7.98. The summed E-state index contributed by atoms with van der Waals surface area (Å²) in [6, 6.07) is 14.4. The molecule has 7 heteroatoms. The normalized spacial score (nSPS) is 12.5. The lowest BCUT2D eigenvalue weighted by Gasteiger charge is -2.30. The van der Waals surface area contributed by atoms with Gasteiger partial charge in [0.25, 0.3) is 0 Å². The molecule has 2 rings (SSSR count). The molecule has 0 fully saturated rings. The van der Waals surface area contributed by atoms with Gasteiger partial charge in [-0.2, -0.15) is 0 Å². The van der Waals surface area contributed by atoms with E-state index in [0.717, 1.165) is 19.1 Å². The van der Waals surface area contributed by atoms with E-state index in [1.807, 2.05) is 0 Å². The van der Waals surface area contributed by atoms with Crippen LogP contribution >= 0.6 is 0 Å². The molecular weight excluding hydrogens is 412 g/mol. The summed E-state index contributed by atoms with van der Waals surface area (Å²) in [5.74, 6) is 0.734. The number of ether oxygens (including phenoxy) is 1. The largest absolute Gasteiger partial charge is 0.497 e. The molecule has 0 aliphatic rings. The van der Waals surface area contributed by atoms with Gasteiger partial charge in [0.2, 0.25) is 15.9 Å². The Kier molecular flexibility index (Phi) is 8.92. The molecule has 2 aromatic rings. The van der Waals surface area contributed by atoms with Crippen LogP contribution in [0.1, 0.15) is 50.7 Å². The highest BCUT2D eigenvalue weighted by atomic mass is 32.2. The summed E-state index contributed by atoms with van der Waals surface area (Å²) < 4.78 is 31.5. The molecule has 170 valence electrons. The molecule has 0 heterocycles. The van der Waals surface area contributed by atoms with E-state index in [4.69, 9.17) is 4.74 Å². The Balaban J connectivity index is 2.02. The minimum absolute atomic E-state index is 0.300. The predicted octanol–water partition coefficient (Wildman–Crippen LogP) is 4.11.